The lowest BCUT2D eigenvalue weighted by Crippen LogP contribution is -2.14. The van der Waals surface area contributed by atoms with Crippen molar-refractivity contribution in [3.8, 4) is 0 Å². The maximum Gasteiger partial charge on any atom is 0.106 e. The summed E-state index contributed by atoms with van der Waals surface area (Å²) in [4.78, 5) is 4.61. The van der Waals surface area contributed by atoms with Gasteiger partial charge in [-0.25, -0.2) is 4.98 Å². The van der Waals surface area contributed by atoms with Crippen molar-refractivity contribution in [1.29, 1.82) is 0 Å². The van der Waals surface area contributed by atoms with Gasteiger partial charge in [0.15, 0.2) is 0 Å². The van der Waals surface area contributed by atoms with E-state index in [4.69, 9.17) is 0 Å². The summed E-state index contributed by atoms with van der Waals surface area (Å²) in [7, 11) is 0. The van der Waals surface area contributed by atoms with E-state index in [2.05, 4.69) is 56.7 Å². The van der Waals surface area contributed by atoms with Crippen LogP contribution < -0.4 is 0 Å². The van der Waals surface area contributed by atoms with E-state index in [1.54, 1.807) is 0 Å². The summed E-state index contributed by atoms with van der Waals surface area (Å²) in [6.07, 6.45) is 2.67. The van der Waals surface area contributed by atoms with Crippen molar-refractivity contribution >= 4 is 27.0 Å². The Balaban J connectivity index is 2.05. The second kappa shape index (κ2) is 3.59. The van der Waals surface area contributed by atoms with Crippen LogP contribution in [0.4, 0.5) is 0 Å². The quantitative estimate of drug-likeness (QED) is 0.786. The monoisotopic (exact) mass is 278 g/mol. The molecule has 1 aromatic heterocycles. The van der Waals surface area contributed by atoms with E-state index in [0.29, 0.717) is 5.41 Å². The highest BCUT2D eigenvalue weighted by Crippen LogP contribution is 2.49. The highest BCUT2D eigenvalue weighted by Gasteiger charge is 2.42. The molecule has 2 aromatic rings. The molecule has 84 valence electrons. The van der Waals surface area contributed by atoms with Gasteiger partial charge in [0.25, 0.3) is 0 Å². The molecule has 1 heterocycles. The Labute approximate surface area is 104 Å². The Kier molecular flexibility index (Phi) is 2.32. The Hall–Kier alpha value is -0.830. The molecule has 0 amide bonds. The van der Waals surface area contributed by atoms with Gasteiger partial charge >= 0.3 is 0 Å². The van der Waals surface area contributed by atoms with Gasteiger partial charge in [-0.05, 0) is 37.3 Å². The number of para-hydroxylation sites is 2. The SMILES string of the molecule is Cc1nc2ccccc2n1CC1(CBr)CC1. The highest BCUT2D eigenvalue weighted by atomic mass is 79.9. The molecule has 1 fully saturated rings. The van der Waals surface area contributed by atoms with Crippen LogP contribution >= 0.6 is 15.9 Å². The van der Waals surface area contributed by atoms with Crippen molar-refractivity contribution < 1.29 is 0 Å². The summed E-state index contributed by atoms with van der Waals surface area (Å²) < 4.78 is 2.36. The summed E-state index contributed by atoms with van der Waals surface area (Å²) in [5.41, 5.74) is 2.88. The van der Waals surface area contributed by atoms with E-state index in [9.17, 15) is 0 Å². The Morgan fingerprint density at radius 2 is 2.12 bits per heavy atom. The number of benzene rings is 1. The molecule has 1 aliphatic rings. The van der Waals surface area contributed by atoms with Gasteiger partial charge in [-0.2, -0.15) is 0 Å². The van der Waals surface area contributed by atoms with E-state index in [-0.39, 0.29) is 0 Å². The number of imidazole rings is 1. The number of halogens is 1. The van der Waals surface area contributed by atoms with Crippen LogP contribution in [-0.2, 0) is 6.54 Å². The molecule has 0 spiro atoms. The summed E-state index contributed by atoms with van der Waals surface area (Å²) in [6, 6.07) is 8.40. The number of fused-ring (bicyclic) bond motifs is 1. The average molecular weight is 279 g/mol. The van der Waals surface area contributed by atoms with Crippen molar-refractivity contribution in [2.75, 3.05) is 5.33 Å². The third-order valence-electron chi connectivity index (χ3n) is 3.58. The zero-order valence-electron chi connectivity index (χ0n) is 9.41. The van der Waals surface area contributed by atoms with Gasteiger partial charge in [0, 0.05) is 11.9 Å². The van der Waals surface area contributed by atoms with Crippen molar-refractivity contribution in [2.24, 2.45) is 5.41 Å². The maximum absolute atomic E-state index is 4.61. The first-order valence-corrected chi connectivity index (χ1v) is 6.84. The number of aryl methyl sites for hydroxylation is 1. The molecule has 0 atom stereocenters. The number of alkyl halides is 1. The zero-order valence-corrected chi connectivity index (χ0v) is 11.0. The molecule has 3 heteroatoms. The zero-order chi connectivity index (χ0) is 11.2. The van der Waals surface area contributed by atoms with Crippen molar-refractivity contribution in [1.82, 2.24) is 9.55 Å². The van der Waals surface area contributed by atoms with Crippen LogP contribution in [0.5, 0.6) is 0 Å². The summed E-state index contributed by atoms with van der Waals surface area (Å²) in [5.74, 6) is 1.13. The lowest BCUT2D eigenvalue weighted by atomic mass is 10.1. The molecule has 0 aliphatic heterocycles. The van der Waals surface area contributed by atoms with Gasteiger partial charge in [0.2, 0.25) is 0 Å². The van der Waals surface area contributed by atoms with Crippen LogP contribution in [0.2, 0.25) is 0 Å². The smallest absolute Gasteiger partial charge is 0.106 e. The minimum Gasteiger partial charge on any atom is -0.328 e. The Bertz CT molecular complexity index is 526. The lowest BCUT2D eigenvalue weighted by Gasteiger charge is -2.14. The standard InChI is InChI=1S/C13H15BrN2/c1-10-15-11-4-2-3-5-12(11)16(10)9-13(8-14)6-7-13/h2-5H,6-9H2,1H3. The Morgan fingerprint density at radius 3 is 2.81 bits per heavy atom. The molecule has 0 radical (unpaired) electrons. The Morgan fingerprint density at radius 1 is 1.38 bits per heavy atom. The first-order valence-electron chi connectivity index (χ1n) is 5.72. The number of rotatable bonds is 3. The van der Waals surface area contributed by atoms with Crippen LogP contribution in [0.25, 0.3) is 11.0 Å². The molecular formula is C13H15BrN2. The second-order valence-corrected chi connectivity index (χ2v) is 5.43. The van der Waals surface area contributed by atoms with Gasteiger partial charge in [-0.3, -0.25) is 0 Å². The summed E-state index contributed by atoms with van der Waals surface area (Å²) >= 11 is 3.63. The molecule has 0 unspecified atom stereocenters. The number of aromatic nitrogens is 2. The number of nitrogens with zero attached hydrogens (tertiary/aromatic N) is 2. The van der Waals surface area contributed by atoms with Gasteiger partial charge in [0.1, 0.15) is 5.82 Å². The number of hydrogen-bond donors (Lipinski definition) is 0. The molecule has 16 heavy (non-hydrogen) atoms. The van der Waals surface area contributed by atoms with Crippen molar-refractivity contribution in [2.45, 2.75) is 26.3 Å². The molecular weight excluding hydrogens is 264 g/mol. The minimum atomic E-state index is 0.494. The largest absolute Gasteiger partial charge is 0.328 e. The summed E-state index contributed by atoms with van der Waals surface area (Å²) in [5, 5.41) is 1.10. The topological polar surface area (TPSA) is 17.8 Å². The van der Waals surface area contributed by atoms with Gasteiger partial charge in [0.05, 0.1) is 11.0 Å². The van der Waals surface area contributed by atoms with E-state index in [1.165, 1.54) is 18.4 Å². The van der Waals surface area contributed by atoms with Crippen LogP contribution in [0.1, 0.15) is 18.7 Å². The van der Waals surface area contributed by atoms with Gasteiger partial charge in [-0.15, -0.1) is 0 Å². The first kappa shape index (κ1) is 10.3. The van der Waals surface area contributed by atoms with E-state index in [1.807, 2.05) is 0 Å². The molecule has 3 rings (SSSR count). The molecule has 1 saturated carbocycles. The predicted molar refractivity (Wildman–Crippen MR) is 69.9 cm³/mol. The van der Waals surface area contributed by atoms with E-state index < -0.39 is 0 Å². The van der Waals surface area contributed by atoms with Crippen LogP contribution in [0.15, 0.2) is 24.3 Å². The molecule has 1 aliphatic carbocycles. The van der Waals surface area contributed by atoms with Crippen LogP contribution in [-0.4, -0.2) is 14.9 Å². The second-order valence-electron chi connectivity index (χ2n) is 4.87. The minimum absolute atomic E-state index is 0.494. The fourth-order valence-electron chi connectivity index (χ4n) is 2.24. The molecule has 0 bridgehead atoms. The van der Waals surface area contributed by atoms with E-state index >= 15 is 0 Å². The predicted octanol–water partition coefficient (Wildman–Crippen LogP) is 3.52. The third kappa shape index (κ3) is 1.58. The lowest BCUT2D eigenvalue weighted by molar-refractivity contribution is 0.477. The van der Waals surface area contributed by atoms with Crippen molar-refractivity contribution in [3.63, 3.8) is 0 Å². The summed E-state index contributed by atoms with van der Waals surface area (Å²) in [6.45, 7) is 3.20. The first-order chi connectivity index (χ1) is 7.74. The number of hydrogen-bond acceptors (Lipinski definition) is 1. The molecule has 0 N–H and O–H groups in total. The third-order valence-corrected chi connectivity index (χ3v) is 4.77. The van der Waals surface area contributed by atoms with Crippen LogP contribution in [0.3, 0.4) is 0 Å². The van der Waals surface area contributed by atoms with Gasteiger partial charge < -0.3 is 4.57 Å². The molecule has 1 aromatic carbocycles. The van der Waals surface area contributed by atoms with E-state index in [0.717, 1.165) is 23.2 Å². The van der Waals surface area contributed by atoms with Crippen molar-refractivity contribution in [3.05, 3.63) is 30.1 Å². The highest BCUT2D eigenvalue weighted by molar-refractivity contribution is 9.09. The fourth-order valence-corrected chi connectivity index (χ4v) is 2.98. The molecule has 2 nitrogen and oxygen atoms in total. The fraction of sp³-hybridized carbons (Fsp3) is 0.462. The van der Waals surface area contributed by atoms with Gasteiger partial charge in [-0.1, -0.05) is 28.1 Å². The van der Waals surface area contributed by atoms with Crippen LogP contribution in [0, 0.1) is 12.3 Å². The normalized spacial score (nSPS) is 17.9. The maximum atomic E-state index is 4.61. The average Bonchev–Trinajstić information content (AvgIpc) is 3.01. The molecule has 0 saturated heterocycles.